The van der Waals surface area contributed by atoms with Crippen LogP contribution in [0.25, 0.3) is 0 Å². The molecule has 0 aromatic rings. The zero-order chi connectivity index (χ0) is 8.85. The lowest BCUT2D eigenvalue weighted by Crippen LogP contribution is -2.29. The van der Waals surface area contributed by atoms with Crippen molar-refractivity contribution in [3.8, 4) is 0 Å². The average molecular weight is 157 g/mol. The lowest BCUT2D eigenvalue weighted by Gasteiger charge is -2.21. The van der Waals surface area contributed by atoms with Gasteiger partial charge in [0.05, 0.1) is 0 Å². The van der Waals surface area contributed by atoms with Gasteiger partial charge in [0, 0.05) is 6.04 Å². The van der Waals surface area contributed by atoms with Gasteiger partial charge in [0.25, 0.3) is 0 Å². The summed E-state index contributed by atoms with van der Waals surface area (Å²) in [5, 5.41) is 0. The molecule has 0 saturated carbocycles. The number of hydrogen-bond acceptors (Lipinski definition) is 1. The summed E-state index contributed by atoms with van der Waals surface area (Å²) in [6, 6.07) is 0.412. The number of hydrogen-bond donors (Lipinski definition) is 1. The summed E-state index contributed by atoms with van der Waals surface area (Å²) in [6.45, 7) is 8.96. The maximum atomic E-state index is 6.00. The van der Waals surface area contributed by atoms with Gasteiger partial charge in [-0.25, -0.2) is 0 Å². The van der Waals surface area contributed by atoms with E-state index in [0.717, 1.165) is 5.92 Å². The molecule has 0 aromatic heterocycles. The predicted molar refractivity (Wildman–Crippen MR) is 51.5 cm³/mol. The summed E-state index contributed by atoms with van der Waals surface area (Å²) in [7, 11) is 0. The van der Waals surface area contributed by atoms with Crippen molar-refractivity contribution in [1.82, 2.24) is 0 Å². The van der Waals surface area contributed by atoms with Crippen molar-refractivity contribution in [1.29, 1.82) is 0 Å². The third-order valence-corrected chi connectivity index (χ3v) is 2.75. The van der Waals surface area contributed by atoms with Crippen molar-refractivity contribution >= 4 is 0 Å². The molecule has 11 heavy (non-hydrogen) atoms. The first-order chi connectivity index (χ1) is 5.11. The van der Waals surface area contributed by atoms with Gasteiger partial charge in [0.2, 0.25) is 0 Å². The maximum Gasteiger partial charge on any atom is 0.00669 e. The van der Waals surface area contributed by atoms with Crippen LogP contribution in [0.1, 0.15) is 47.0 Å². The van der Waals surface area contributed by atoms with Crippen molar-refractivity contribution in [2.75, 3.05) is 0 Å². The van der Waals surface area contributed by atoms with Crippen LogP contribution in [0.2, 0.25) is 0 Å². The number of nitrogens with two attached hydrogens (primary N) is 1. The average Bonchev–Trinajstić information content (AvgIpc) is 2.02. The zero-order valence-electron chi connectivity index (χ0n) is 8.43. The van der Waals surface area contributed by atoms with Crippen molar-refractivity contribution in [2.45, 2.75) is 53.0 Å². The van der Waals surface area contributed by atoms with E-state index in [9.17, 15) is 0 Å². The third kappa shape index (κ3) is 4.41. The quantitative estimate of drug-likeness (QED) is 0.652. The van der Waals surface area contributed by atoms with E-state index in [1.54, 1.807) is 0 Å². The summed E-state index contributed by atoms with van der Waals surface area (Å²) >= 11 is 0. The molecule has 3 atom stereocenters. The van der Waals surface area contributed by atoms with E-state index >= 15 is 0 Å². The van der Waals surface area contributed by atoms with Crippen LogP contribution in [-0.4, -0.2) is 6.04 Å². The summed E-state index contributed by atoms with van der Waals surface area (Å²) in [5.41, 5.74) is 6.00. The van der Waals surface area contributed by atoms with Gasteiger partial charge in [0.15, 0.2) is 0 Å². The van der Waals surface area contributed by atoms with E-state index < -0.39 is 0 Å². The second kappa shape index (κ2) is 5.59. The fraction of sp³-hybridized carbons (Fsp3) is 1.00. The molecule has 0 aromatic carbocycles. The van der Waals surface area contributed by atoms with E-state index in [0.29, 0.717) is 12.0 Å². The molecule has 0 amide bonds. The van der Waals surface area contributed by atoms with E-state index in [-0.39, 0.29) is 0 Å². The summed E-state index contributed by atoms with van der Waals surface area (Å²) in [4.78, 5) is 0. The maximum absolute atomic E-state index is 6.00. The van der Waals surface area contributed by atoms with Crippen LogP contribution < -0.4 is 5.73 Å². The van der Waals surface area contributed by atoms with Gasteiger partial charge >= 0.3 is 0 Å². The Bertz CT molecular complexity index is 90.9. The van der Waals surface area contributed by atoms with Crippen LogP contribution in [0.4, 0.5) is 0 Å². The SMILES string of the molecule is CCC(C)CC(N)C(C)CC. The summed E-state index contributed by atoms with van der Waals surface area (Å²) in [5.74, 6) is 1.47. The van der Waals surface area contributed by atoms with Crippen LogP contribution in [0.3, 0.4) is 0 Å². The van der Waals surface area contributed by atoms with Gasteiger partial charge < -0.3 is 5.73 Å². The normalized spacial score (nSPS) is 19.4. The molecule has 0 aliphatic heterocycles. The van der Waals surface area contributed by atoms with E-state index in [2.05, 4.69) is 27.7 Å². The highest BCUT2D eigenvalue weighted by Gasteiger charge is 2.12. The Morgan fingerprint density at radius 3 is 2.00 bits per heavy atom. The Kier molecular flexibility index (Phi) is 5.57. The fourth-order valence-electron chi connectivity index (χ4n) is 1.17. The molecule has 0 radical (unpaired) electrons. The van der Waals surface area contributed by atoms with Crippen molar-refractivity contribution < 1.29 is 0 Å². The topological polar surface area (TPSA) is 26.0 Å². The second-order valence-corrected chi connectivity index (χ2v) is 3.80. The van der Waals surface area contributed by atoms with Gasteiger partial charge in [-0.2, -0.15) is 0 Å². The molecular weight excluding hydrogens is 134 g/mol. The highest BCUT2D eigenvalue weighted by Crippen LogP contribution is 2.15. The van der Waals surface area contributed by atoms with Crippen molar-refractivity contribution in [3.05, 3.63) is 0 Å². The lowest BCUT2D eigenvalue weighted by molar-refractivity contribution is 0.359. The molecule has 0 spiro atoms. The zero-order valence-corrected chi connectivity index (χ0v) is 8.43. The van der Waals surface area contributed by atoms with Crippen LogP contribution in [0.15, 0.2) is 0 Å². The molecule has 0 heterocycles. The van der Waals surface area contributed by atoms with Crippen LogP contribution in [0, 0.1) is 11.8 Å². The lowest BCUT2D eigenvalue weighted by atomic mass is 9.90. The molecule has 0 bridgehead atoms. The monoisotopic (exact) mass is 157 g/mol. The predicted octanol–water partition coefficient (Wildman–Crippen LogP) is 2.80. The van der Waals surface area contributed by atoms with E-state index in [4.69, 9.17) is 5.73 Å². The Hall–Kier alpha value is -0.0400. The molecule has 1 heteroatoms. The first-order valence-corrected chi connectivity index (χ1v) is 4.87. The Labute approximate surface area is 71.4 Å². The van der Waals surface area contributed by atoms with Crippen molar-refractivity contribution in [2.24, 2.45) is 17.6 Å². The summed E-state index contributed by atoms with van der Waals surface area (Å²) < 4.78 is 0. The van der Waals surface area contributed by atoms with Crippen LogP contribution >= 0.6 is 0 Å². The van der Waals surface area contributed by atoms with Crippen LogP contribution in [0.5, 0.6) is 0 Å². The molecule has 0 aliphatic rings. The minimum absolute atomic E-state index is 0.412. The molecule has 68 valence electrons. The molecule has 2 N–H and O–H groups in total. The van der Waals surface area contributed by atoms with Gasteiger partial charge in [-0.05, 0) is 18.3 Å². The third-order valence-electron chi connectivity index (χ3n) is 2.75. The minimum atomic E-state index is 0.412. The van der Waals surface area contributed by atoms with Gasteiger partial charge in [-0.1, -0.05) is 40.5 Å². The van der Waals surface area contributed by atoms with E-state index in [1.807, 2.05) is 0 Å². The summed E-state index contributed by atoms with van der Waals surface area (Å²) in [6.07, 6.45) is 3.65. The molecule has 0 saturated heterocycles. The molecule has 0 rings (SSSR count). The molecule has 3 unspecified atom stereocenters. The number of rotatable bonds is 5. The second-order valence-electron chi connectivity index (χ2n) is 3.80. The van der Waals surface area contributed by atoms with Gasteiger partial charge in [0.1, 0.15) is 0 Å². The van der Waals surface area contributed by atoms with Crippen LogP contribution in [-0.2, 0) is 0 Å². The van der Waals surface area contributed by atoms with Crippen molar-refractivity contribution in [3.63, 3.8) is 0 Å². The molecular formula is C10H23N. The van der Waals surface area contributed by atoms with Gasteiger partial charge in [-0.15, -0.1) is 0 Å². The smallest absolute Gasteiger partial charge is 0.00669 e. The first-order valence-electron chi connectivity index (χ1n) is 4.87. The highest BCUT2D eigenvalue weighted by molar-refractivity contribution is 4.70. The standard InChI is InChI=1S/C10H23N/c1-5-8(3)7-10(11)9(4)6-2/h8-10H,5-7,11H2,1-4H3. The fourth-order valence-corrected chi connectivity index (χ4v) is 1.17. The highest BCUT2D eigenvalue weighted by atomic mass is 14.6. The Balaban J connectivity index is 3.58. The first kappa shape index (κ1) is 11.0. The molecule has 1 nitrogen and oxygen atoms in total. The molecule has 0 fully saturated rings. The minimum Gasteiger partial charge on any atom is -0.327 e. The Morgan fingerprint density at radius 2 is 1.64 bits per heavy atom. The Morgan fingerprint density at radius 1 is 1.09 bits per heavy atom. The van der Waals surface area contributed by atoms with Gasteiger partial charge in [-0.3, -0.25) is 0 Å². The molecule has 0 aliphatic carbocycles. The largest absolute Gasteiger partial charge is 0.327 e. The van der Waals surface area contributed by atoms with E-state index in [1.165, 1.54) is 19.3 Å².